The van der Waals surface area contributed by atoms with Crippen molar-refractivity contribution in [3.05, 3.63) is 35.4 Å². The zero-order chi connectivity index (χ0) is 20.9. The number of nitrogens with one attached hydrogen (secondary N) is 1. The highest BCUT2D eigenvalue weighted by Crippen LogP contribution is 2.61. The molecule has 1 aliphatic heterocycles. The Labute approximate surface area is 180 Å². The molecule has 5 fully saturated rings. The van der Waals surface area contributed by atoms with E-state index in [1.807, 2.05) is 36.1 Å². The Morgan fingerprint density at radius 3 is 2.00 bits per heavy atom. The zero-order valence-electron chi connectivity index (χ0n) is 18.4. The van der Waals surface area contributed by atoms with Gasteiger partial charge in [0.25, 0.3) is 5.91 Å². The van der Waals surface area contributed by atoms with Crippen molar-refractivity contribution in [3.63, 3.8) is 0 Å². The van der Waals surface area contributed by atoms with Crippen LogP contribution >= 0.6 is 0 Å². The third kappa shape index (κ3) is 3.66. The summed E-state index contributed by atoms with van der Waals surface area (Å²) >= 11 is 0. The Kier molecular flexibility index (Phi) is 5.12. The Morgan fingerprint density at radius 2 is 1.47 bits per heavy atom. The fraction of sp³-hybridized carbons (Fsp3) is 0.680. The molecule has 30 heavy (non-hydrogen) atoms. The lowest BCUT2D eigenvalue weighted by Crippen LogP contribution is -2.64. The molecule has 6 rings (SSSR count). The van der Waals surface area contributed by atoms with Gasteiger partial charge in [-0.05, 0) is 82.4 Å². The fourth-order valence-electron chi connectivity index (χ4n) is 7.14. The van der Waals surface area contributed by atoms with E-state index in [-0.39, 0.29) is 23.3 Å². The van der Waals surface area contributed by atoms with Gasteiger partial charge in [-0.15, -0.1) is 0 Å². The molecule has 1 atom stereocenters. The van der Waals surface area contributed by atoms with Crippen LogP contribution in [-0.4, -0.2) is 60.9 Å². The molecule has 4 bridgehead atoms. The molecule has 0 aromatic heterocycles. The van der Waals surface area contributed by atoms with Gasteiger partial charge in [-0.3, -0.25) is 9.59 Å². The topological polar surface area (TPSA) is 52.7 Å². The quantitative estimate of drug-likeness (QED) is 0.832. The van der Waals surface area contributed by atoms with Crippen LogP contribution in [0.4, 0.5) is 0 Å². The van der Waals surface area contributed by atoms with E-state index in [0.29, 0.717) is 5.56 Å². The lowest BCUT2D eigenvalue weighted by Gasteiger charge is -2.59. The van der Waals surface area contributed by atoms with Crippen LogP contribution < -0.4 is 5.32 Å². The monoisotopic (exact) mass is 409 g/mol. The minimum Gasteiger partial charge on any atom is -0.340 e. The molecule has 4 aliphatic carbocycles. The normalized spacial score (nSPS) is 34.1. The predicted molar refractivity (Wildman–Crippen MR) is 117 cm³/mol. The van der Waals surface area contributed by atoms with Crippen molar-refractivity contribution >= 4 is 11.8 Å². The Bertz CT molecular complexity index is 775. The highest BCUT2D eigenvalue weighted by Gasteiger charge is 2.57. The largest absolute Gasteiger partial charge is 0.340 e. The van der Waals surface area contributed by atoms with Crippen molar-refractivity contribution in [1.29, 1.82) is 0 Å². The molecule has 5 aliphatic rings. The third-order valence-electron chi connectivity index (χ3n) is 8.35. The first-order valence-corrected chi connectivity index (χ1v) is 11.8. The number of amides is 2. The lowest BCUT2D eigenvalue weighted by atomic mass is 9.47. The van der Waals surface area contributed by atoms with Gasteiger partial charge in [-0.25, -0.2) is 0 Å². The van der Waals surface area contributed by atoms with Gasteiger partial charge in [0.2, 0.25) is 5.91 Å². The molecule has 5 heteroatoms. The van der Waals surface area contributed by atoms with Gasteiger partial charge in [0.15, 0.2) is 0 Å². The first-order valence-electron chi connectivity index (χ1n) is 11.8. The van der Waals surface area contributed by atoms with E-state index >= 15 is 0 Å². The highest BCUT2D eigenvalue weighted by atomic mass is 16.2. The van der Waals surface area contributed by atoms with E-state index in [2.05, 4.69) is 17.3 Å². The van der Waals surface area contributed by atoms with Crippen LogP contribution in [0.2, 0.25) is 0 Å². The first kappa shape index (κ1) is 20.0. The maximum absolute atomic E-state index is 13.8. The molecular formula is C25H35N3O2. The van der Waals surface area contributed by atoms with Crippen molar-refractivity contribution in [1.82, 2.24) is 15.1 Å². The average molecular weight is 410 g/mol. The van der Waals surface area contributed by atoms with Crippen LogP contribution in [0.15, 0.2) is 24.3 Å². The van der Waals surface area contributed by atoms with Crippen LogP contribution in [0.1, 0.15) is 54.4 Å². The summed E-state index contributed by atoms with van der Waals surface area (Å²) in [5, 5.41) is 3.27. The summed E-state index contributed by atoms with van der Waals surface area (Å²) in [6, 6.07) is 7.31. The van der Waals surface area contributed by atoms with Crippen molar-refractivity contribution in [2.75, 3.05) is 33.2 Å². The minimum absolute atomic E-state index is 0.0461. The molecule has 0 unspecified atom stereocenters. The maximum Gasteiger partial charge on any atom is 0.251 e. The summed E-state index contributed by atoms with van der Waals surface area (Å²) in [7, 11) is 2.11. The van der Waals surface area contributed by atoms with Crippen molar-refractivity contribution in [2.24, 2.45) is 23.2 Å². The molecule has 0 radical (unpaired) electrons. The summed E-state index contributed by atoms with van der Waals surface area (Å²) in [5.41, 5.74) is 1.74. The number of piperazine rings is 1. The number of hydrogen-bond donors (Lipinski definition) is 1. The molecule has 0 spiro atoms. The van der Waals surface area contributed by atoms with E-state index in [1.54, 1.807) is 0 Å². The summed E-state index contributed by atoms with van der Waals surface area (Å²) in [4.78, 5) is 31.3. The second kappa shape index (κ2) is 7.67. The number of aryl methyl sites for hydroxylation is 1. The standard InChI is InChI=1S/C25H35N3O2/c1-17-3-5-21(6-4-17)23(29)26-22(24(30)28-9-7-27(2)8-10-28)25-14-18-11-19(15-25)13-20(12-18)16-25/h3-6,18-20,22H,7-16H2,1-2H3,(H,26,29)/t18?,19?,20?,22-,25?/m1/s1. The minimum atomic E-state index is -0.386. The van der Waals surface area contributed by atoms with E-state index in [9.17, 15) is 9.59 Å². The molecule has 1 aromatic carbocycles. The van der Waals surface area contributed by atoms with Crippen LogP contribution in [0.5, 0.6) is 0 Å². The Balaban J connectivity index is 1.42. The van der Waals surface area contributed by atoms with Gasteiger partial charge in [-0.2, -0.15) is 0 Å². The van der Waals surface area contributed by atoms with Gasteiger partial charge in [0.1, 0.15) is 6.04 Å². The van der Waals surface area contributed by atoms with Gasteiger partial charge in [0.05, 0.1) is 0 Å². The lowest BCUT2D eigenvalue weighted by molar-refractivity contribution is -0.146. The van der Waals surface area contributed by atoms with E-state index in [4.69, 9.17) is 0 Å². The number of hydrogen-bond acceptors (Lipinski definition) is 3. The number of nitrogens with zero attached hydrogens (tertiary/aromatic N) is 2. The highest BCUT2D eigenvalue weighted by molar-refractivity contribution is 5.98. The molecule has 5 nitrogen and oxygen atoms in total. The summed E-state index contributed by atoms with van der Waals surface area (Å²) in [6.45, 7) is 5.37. The number of likely N-dealkylation sites (N-methyl/N-ethyl adjacent to an activating group) is 1. The number of benzene rings is 1. The van der Waals surface area contributed by atoms with Crippen LogP contribution in [0.3, 0.4) is 0 Å². The Hall–Kier alpha value is -1.88. The van der Waals surface area contributed by atoms with Crippen LogP contribution in [-0.2, 0) is 4.79 Å². The Morgan fingerprint density at radius 1 is 0.933 bits per heavy atom. The smallest absolute Gasteiger partial charge is 0.251 e. The van der Waals surface area contributed by atoms with Crippen LogP contribution in [0.25, 0.3) is 0 Å². The van der Waals surface area contributed by atoms with Gasteiger partial charge < -0.3 is 15.1 Å². The van der Waals surface area contributed by atoms with Crippen molar-refractivity contribution < 1.29 is 9.59 Å². The van der Waals surface area contributed by atoms with E-state index in [1.165, 1.54) is 19.3 Å². The molecular weight excluding hydrogens is 374 g/mol. The summed E-state index contributed by atoms with van der Waals surface area (Å²) in [6.07, 6.45) is 7.33. The van der Waals surface area contributed by atoms with Gasteiger partial charge in [-0.1, -0.05) is 17.7 Å². The molecule has 4 saturated carbocycles. The van der Waals surface area contributed by atoms with Gasteiger partial charge >= 0.3 is 0 Å². The predicted octanol–water partition coefficient (Wildman–Crippen LogP) is 3.08. The molecule has 1 heterocycles. The average Bonchev–Trinajstić information content (AvgIpc) is 2.71. The van der Waals surface area contributed by atoms with Gasteiger partial charge in [0, 0.05) is 37.2 Å². The molecule has 2 amide bonds. The van der Waals surface area contributed by atoms with E-state index in [0.717, 1.165) is 68.8 Å². The van der Waals surface area contributed by atoms with Crippen molar-refractivity contribution in [3.8, 4) is 0 Å². The summed E-state index contributed by atoms with van der Waals surface area (Å²) in [5.74, 6) is 2.30. The van der Waals surface area contributed by atoms with E-state index < -0.39 is 0 Å². The second-order valence-electron chi connectivity index (χ2n) is 10.7. The third-order valence-corrected chi connectivity index (χ3v) is 8.35. The molecule has 1 aromatic rings. The van der Waals surface area contributed by atoms with Crippen LogP contribution in [0, 0.1) is 30.1 Å². The molecule has 162 valence electrons. The maximum atomic E-state index is 13.8. The molecule has 1 saturated heterocycles. The second-order valence-corrected chi connectivity index (χ2v) is 10.7. The zero-order valence-corrected chi connectivity index (χ0v) is 18.4. The van der Waals surface area contributed by atoms with Crippen molar-refractivity contribution in [2.45, 2.75) is 51.5 Å². The number of carbonyl (C=O) groups excluding carboxylic acids is 2. The SMILES string of the molecule is Cc1ccc(C(=O)N[C@H](C(=O)N2CCN(C)CC2)C23CC4CC(CC(C4)C2)C3)cc1. The number of carbonyl (C=O) groups is 2. The molecule has 1 N–H and O–H groups in total. The first-order chi connectivity index (χ1) is 14.4. The summed E-state index contributed by atoms with van der Waals surface area (Å²) < 4.78 is 0. The fourth-order valence-corrected chi connectivity index (χ4v) is 7.14. The number of rotatable bonds is 4.